The normalized spacial score (nSPS) is 11.9. The van der Waals surface area contributed by atoms with E-state index in [2.05, 4.69) is 17.9 Å². The monoisotopic (exact) mass is 304 g/mol. The first-order valence-electron chi connectivity index (χ1n) is 6.38. The van der Waals surface area contributed by atoms with E-state index in [0.717, 1.165) is 21.8 Å². The maximum atomic E-state index is 6.06. The molecule has 0 aliphatic carbocycles. The van der Waals surface area contributed by atoms with Gasteiger partial charge in [-0.1, -0.05) is 48.1 Å². The fraction of sp³-hybridized carbons (Fsp3) is 0.188. The molecule has 0 spiro atoms. The van der Waals surface area contributed by atoms with Gasteiger partial charge in [0.15, 0.2) is 0 Å². The molecule has 0 aliphatic rings. The van der Waals surface area contributed by atoms with E-state index in [1.54, 1.807) is 0 Å². The Labute approximate surface area is 130 Å². The van der Waals surface area contributed by atoms with E-state index in [1.807, 2.05) is 49.5 Å². The van der Waals surface area contributed by atoms with Crippen molar-refractivity contribution in [3.05, 3.63) is 64.7 Å². The number of halogens is 1. The van der Waals surface area contributed by atoms with Gasteiger partial charge in [-0.05, 0) is 36.8 Å². The number of anilines is 1. The predicted molar refractivity (Wildman–Crippen MR) is 90.6 cm³/mol. The van der Waals surface area contributed by atoms with E-state index < -0.39 is 0 Å². The summed E-state index contributed by atoms with van der Waals surface area (Å²) < 4.78 is 0. The largest absolute Gasteiger partial charge is 0.389 e. The van der Waals surface area contributed by atoms with Crippen LogP contribution in [0.1, 0.15) is 24.1 Å². The molecule has 20 heavy (non-hydrogen) atoms. The molecular formula is C16H17ClN2S. The zero-order valence-electron chi connectivity index (χ0n) is 11.5. The zero-order chi connectivity index (χ0) is 14.7. The van der Waals surface area contributed by atoms with Gasteiger partial charge in [-0.15, -0.1) is 0 Å². The van der Waals surface area contributed by atoms with Gasteiger partial charge in [0.25, 0.3) is 0 Å². The lowest BCUT2D eigenvalue weighted by molar-refractivity contribution is 0.739. The SMILES string of the molecule is CC(c1cccc(Cl)c1)N(C)c1ccccc1C(N)=S. The molecule has 2 aromatic rings. The van der Waals surface area contributed by atoms with Crippen molar-refractivity contribution in [2.24, 2.45) is 5.73 Å². The average Bonchev–Trinajstić information content (AvgIpc) is 2.45. The second-order valence-electron chi connectivity index (χ2n) is 4.72. The smallest absolute Gasteiger partial charge is 0.106 e. The van der Waals surface area contributed by atoms with Crippen molar-refractivity contribution in [1.29, 1.82) is 0 Å². The lowest BCUT2D eigenvalue weighted by atomic mass is 10.1. The first-order chi connectivity index (χ1) is 9.50. The molecule has 2 nitrogen and oxygen atoms in total. The quantitative estimate of drug-likeness (QED) is 0.860. The fourth-order valence-electron chi connectivity index (χ4n) is 2.19. The van der Waals surface area contributed by atoms with Gasteiger partial charge in [0.1, 0.15) is 4.99 Å². The van der Waals surface area contributed by atoms with E-state index in [9.17, 15) is 0 Å². The molecule has 2 rings (SSSR count). The Hall–Kier alpha value is -1.58. The summed E-state index contributed by atoms with van der Waals surface area (Å²) in [5, 5.41) is 0.741. The summed E-state index contributed by atoms with van der Waals surface area (Å²) in [5.74, 6) is 0. The number of benzene rings is 2. The molecule has 0 saturated carbocycles. The molecule has 1 unspecified atom stereocenters. The number of nitrogens with zero attached hydrogens (tertiary/aromatic N) is 1. The van der Waals surface area contributed by atoms with E-state index in [1.165, 1.54) is 0 Å². The summed E-state index contributed by atoms with van der Waals surface area (Å²) in [6, 6.07) is 15.9. The van der Waals surface area contributed by atoms with Crippen LogP contribution in [0, 0.1) is 0 Å². The standard InChI is InChI=1S/C16H17ClN2S/c1-11(12-6-5-7-13(17)10-12)19(2)15-9-4-3-8-14(15)16(18)20/h3-11H,1-2H3,(H2,18,20). The number of nitrogens with two attached hydrogens (primary N) is 1. The third-order valence-electron chi connectivity index (χ3n) is 3.46. The van der Waals surface area contributed by atoms with Crippen molar-refractivity contribution in [2.45, 2.75) is 13.0 Å². The Morgan fingerprint density at radius 1 is 1.20 bits per heavy atom. The second-order valence-corrected chi connectivity index (χ2v) is 5.60. The second kappa shape index (κ2) is 6.25. The molecule has 4 heteroatoms. The van der Waals surface area contributed by atoms with Crippen LogP contribution in [0.4, 0.5) is 5.69 Å². The molecule has 0 bridgehead atoms. The summed E-state index contributed by atoms with van der Waals surface area (Å²) in [7, 11) is 2.03. The lowest BCUT2D eigenvalue weighted by Gasteiger charge is -2.29. The van der Waals surface area contributed by atoms with Crippen LogP contribution in [0.3, 0.4) is 0 Å². The van der Waals surface area contributed by atoms with Crippen LogP contribution in [-0.2, 0) is 0 Å². The van der Waals surface area contributed by atoms with Crippen LogP contribution >= 0.6 is 23.8 Å². The van der Waals surface area contributed by atoms with Crippen LogP contribution in [0.5, 0.6) is 0 Å². The lowest BCUT2D eigenvalue weighted by Crippen LogP contribution is -2.25. The van der Waals surface area contributed by atoms with E-state index in [0.29, 0.717) is 4.99 Å². The van der Waals surface area contributed by atoms with E-state index >= 15 is 0 Å². The highest BCUT2D eigenvalue weighted by Crippen LogP contribution is 2.29. The highest BCUT2D eigenvalue weighted by atomic mass is 35.5. The molecule has 104 valence electrons. The van der Waals surface area contributed by atoms with Gasteiger partial charge in [-0.25, -0.2) is 0 Å². The fourth-order valence-corrected chi connectivity index (χ4v) is 2.56. The summed E-state index contributed by atoms with van der Waals surface area (Å²) in [4.78, 5) is 2.56. The Kier molecular flexibility index (Phi) is 4.63. The molecule has 0 aliphatic heterocycles. The maximum absolute atomic E-state index is 6.06. The van der Waals surface area contributed by atoms with Gasteiger partial charge in [0.05, 0.1) is 6.04 Å². The minimum atomic E-state index is 0.171. The van der Waals surface area contributed by atoms with Crippen molar-refractivity contribution in [2.75, 3.05) is 11.9 Å². The van der Waals surface area contributed by atoms with Crippen molar-refractivity contribution in [3.8, 4) is 0 Å². The van der Waals surface area contributed by atoms with Gasteiger partial charge >= 0.3 is 0 Å². The molecule has 2 aromatic carbocycles. The van der Waals surface area contributed by atoms with Gasteiger partial charge in [0.2, 0.25) is 0 Å². The first-order valence-corrected chi connectivity index (χ1v) is 7.16. The van der Waals surface area contributed by atoms with Crippen molar-refractivity contribution < 1.29 is 0 Å². The third-order valence-corrected chi connectivity index (χ3v) is 3.92. The van der Waals surface area contributed by atoms with Crippen LogP contribution < -0.4 is 10.6 Å². The topological polar surface area (TPSA) is 29.3 Å². The molecular weight excluding hydrogens is 288 g/mol. The van der Waals surface area contributed by atoms with Gasteiger partial charge in [0, 0.05) is 23.3 Å². The predicted octanol–water partition coefficient (Wildman–Crippen LogP) is 4.17. The van der Waals surface area contributed by atoms with Gasteiger partial charge < -0.3 is 10.6 Å². The molecule has 2 N–H and O–H groups in total. The minimum Gasteiger partial charge on any atom is -0.389 e. The van der Waals surface area contributed by atoms with E-state index in [4.69, 9.17) is 29.6 Å². The highest BCUT2D eigenvalue weighted by molar-refractivity contribution is 7.80. The Morgan fingerprint density at radius 2 is 1.90 bits per heavy atom. The maximum Gasteiger partial charge on any atom is 0.106 e. The zero-order valence-corrected chi connectivity index (χ0v) is 13.1. The van der Waals surface area contributed by atoms with Crippen molar-refractivity contribution in [1.82, 2.24) is 0 Å². The summed E-state index contributed by atoms with van der Waals surface area (Å²) in [5.41, 5.74) is 8.86. The van der Waals surface area contributed by atoms with Crippen LogP contribution in [0.15, 0.2) is 48.5 Å². The molecule has 0 heterocycles. The molecule has 0 radical (unpaired) electrons. The highest BCUT2D eigenvalue weighted by Gasteiger charge is 2.16. The molecule has 0 aromatic heterocycles. The number of para-hydroxylation sites is 1. The van der Waals surface area contributed by atoms with E-state index in [-0.39, 0.29) is 6.04 Å². The van der Waals surface area contributed by atoms with Gasteiger partial charge in [-0.2, -0.15) is 0 Å². The van der Waals surface area contributed by atoms with Crippen LogP contribution in [-0.4, -0.2) is 12.0 Å². The Morgan fingerprint density at radius 3 is 2.55 bits per heavy atom. The summed E-state index contributed by atoms with van der Waals surface area (Å²) in [6.45, 7) is 2.13. The number of hydrogen-bond donors (Lipinski definition) is 1. The summed E-state index contributed by atoms with van der Waals surface area (Å²) in [6.07, 6.45) is 0. The third kappa shape index (κ3) is 3.11. The van der Waals surface area contributed by atoms with Crippen LogP contribution in [0.25, 0.3) is 0 Å². The molecule has 1 atom stereocenters. The van der Waals surface area contributed by atoms with Gasteiger partial charge in [-0.3, -0.25) is 0 Å². The Balaban J connectivity index is 2.36. The number of thiocarbonyl (C=S) groups is 1. The molecule has 0 saturated heterocycles. The molecule has 0 amide bonds. The van der Waals surface area contributed by atoms with Crippen molar-refractivity contribution >= 4 is 34.5 Å². The van der Waals surface area contributed by atoms with Crippen molar-refractivity contribution in [3.63, 3.8) is 0 Å². The summed E-state index contributed by atoms with van der Waals surface area (Å²) >= 11 is 11.2. The molecule has 0 fully saturated rings. The first kappa shape index (κ1) is 14.8. The number of hydrogen-bond acceptors (Lipinski definition) is 2. The van der Waals surface area contributed by atoms with Crippen LogP contribution in [0.2, 0.25) is 5.02 Å². The Bertz CT molecular complexity index is 627. The minimum absolute atomic E-state index is 0.171. The number of rotatable bonds is 4. The average molecular weight is 305 g/mol.